The van der Waals surface area contributed by atoms with Crippen molar-refractivity contribution in [3.63, 3.8) is 0 Å². The van der Waals surface area contributed by atoms with Crippen molar-refractivity contribution in [2.45, 2.75) is 0 Å². The smallest absolute Gasteiger partial charge is 0.0724 e. The van der Waals surface area contributed by atoms with E-state index in [1.165, 1.54) is 71.2 Å². The summed E-state index contributed by atoms with van der Waals surface area (Å²) in [5.41, 5.74) is 11.3. The van der Waals surface area contributed by atoms with Crippen molar-refractivity contribution >= 4 is 43.4 Å². The average molecular weight is 495 g/mol. The predicted molar refractivity (Wildman–Crippen MR) is 163 cm³/mol. The number of pyridine rings is 1. The van der Waals surface area contributed by atoms with E-state index in [4.69, 9.17) is 0 Å². The Hall–Kier alpha value is -5.21. The summed E-state index contributed by atoms with van der Waals surface area (Å²) >= 11 is 0. The van der Waals surface area contributed by atoms with Gasteiger partial charge < -0.3 is 4.57 Å². The van der Waals surface area contributed by atoms with Crippen LogP contribution >= 0.6 is 0 Å². The van der Waals surface area contributed by atoms with Crippen LogP contribution in [0.3, 0.4) is 0 Å². The Morgan fingerprint density at radius 1 is 0.462 bits per heavy atom. The molecule has 0 N–H and O–H groups in total. The Balaban J connectivity index is 1.30. The van der Waals surface area contributed by atoms with E-state index in [0.29, 0.717) is 0 Å². The molecule has 0 spiro atoms. The van der Waals surface area contributed by atoms with Gasteiger partial charge in [0.15, 0.2) is 0 Å². The van der Waals surface area contributed by atoms with E-state index in [1.807, 2.05) is 12.4 Å². The lowest BCUT2D eigenvalue weighted by molar-refractivity contribution is 1.17. The molecule has 2 heteroatoms. The number of hydrogen-bond donors (Lipinski definition) is 0. The molecule has 0 fully saturated rings. The van der Waals surface area contributed by atoms with Crippen molar-refractivity contribution in [2.75, 3.05) is 0 Å². The number of fused-ring (bicyclic) bond motifs is 7. The molecule has 1 aliphatic carbocycles. The lowest BCUT2D eigenvalue weighted by atomic mass is 9.94. The van der Waals surface area contributed by atoms with Crippen molar-refractivity contribution in [1.29, 1.82) is 0 Å². The van der Waals surface area contributed by atoms with Gasteiger partial charge in [-0.1, -0.05) is 91.0 Å². The molecule has 0 saturated carbocycles. The number of hydrogen-bond acceptors (Lipinski definition) is 1. The van der Waals surface area contributed by atoms with Crippen LogP contribution in [0.25, 0.3) is 82.4 Å². The highest BCUT2D eigenvalue weighted by Crippen LogP contribution is 2.49. The van der Waals surface area contributed by atoms with Gasteiger partial charge in [-0.05, 0) is 85.3 Å². The lowest BCUT2D eigenvalue weighted by Gasteiger charge is -2.13. The molecule has 2 aromatic heterocycles. The third kappa shape index (κ3) is 2.83. The van der Waals surface area contributed by atoms with Crippen LogP contribution in [0.2, 0.25) is 0 Å². The van der Waals surface area contributed by atoms with Gasteiger partial charge >= 0.3 is 0 Å². The Morgan fingerprint density at radius 3 is 2.05 bits per heavy atom. The molecule has 0 radical (unpaired) electrons. The molecule has 2 nitrogen and oxygen atoms in total. The molecule has 2 heterocycles. The molecule has 0 atom stereocenters. The summed E-state index contributed by atoms with van der Waals surface area (Å²) < 4.78 is 2.36. The van der Waals surface area contributed by atoms with Crippen molar-refractivity contribution in [3.05, 3.63) is 134 Å². The summed E-state index contributed by atoms with van der Waals surface area (Å²) in [5.74, 6) is 0. The lowest BCUT2D eigenvalue weighted by Crippen LogP contribution is -1.95. The van der Waals surface area contributed by atoms with E-state index in [2.05, 4.69) is 131 Å². The maximum atomic E-state index is 4.51. The summed E-state index contributed by atoms with van der Waals surface area (Å²) in [6.45, 7) is 0. The highest BCUT2D eigenvalue weighted by atomic mass is 15.0. The first kappa shape index (κ1) is 20.8. The van der Waals surface area contributed by atoms with Crippen LogP contribution < -0.4 is 0 Å². The van der Waals surface area contributed by atoms with Crippen LogP contribution in [0.5, 0.6) is 0 Å². The minimum atomic E-state index is 1.12. The Labute approximate surface area is 225 Å². The number of aromatic nitrogens is 2. The zero-order valence-electron chi connectivity index (χ0n) is 21.1. The number of nitrogens with zero attached hydrogens (tertiary/aromatic N) is 2. The summed E-state index contributed by atoms with van der Waals surface area (Å²) in [6.07, 6.45) is 3.88. The van der Waals surface area contributed by atoms with Gasteiger partial charge in [0, 0.05) is 22.7 Å². The Bertz CT molecular complexity index is 2260. The van der Waals surface area contributed by atoms with Gasteiger partial charge in [-0.15, -0.1) is 0 Å². The van der Waals surface area contributed by atoms with Crippen molar-refractivity contribution in [2.24, 2.45) is 0 Å². The highest BCUT2D eigenvalue weighted by molar-refractivity contribution is 6.19. The largest absolute Gasteiger partial charge is 0.308 e. The van der Waals surface area contributed by atoms with Crippen molar-refractivity contribution < 1.29 is 0 Å². The highest BCUT2D eigenvalue weighted by Gasteiger charge is 2.22. The van der Waals surface area contributed by atoms with E-state index in [0.717, 1.165) is 11.2 Å². The second-order valence-corrected chi connectivity index (χ2v) is 10.4. The predicted octanol–water partition coefficient (Wildman–Crippen LogP) is 9.80. The summed E-state index contributed by atoms with van der Waals surface area (Å²) in [7, 11) is 0. The van der Waals surface area contributed by atoms with E-state index in [9.17, 15) is 0 Å². The molecule has 0 saturated heterocycles. The van der Waals surface area contributed by atoms with E-state index in [-0.39, 0.29) is 0 Å². The zero-order valence-corrected chi connectivity index (χ0v) is 21.1. The van der Waals surface area contributed by atoms with Crippen LogP contribution in [0.4, 0.5) is 0 Å². The van der Waals surface area contributed by atoms with E-state index < -0.39 is 0 Å². The number of rotatable bonds is 2. The zero-order chi connectivity index (χ0) is 25.5. The average Bonchev–Trinajstić information content (AvgIpc) is 3.50. The van der Waals surface area contributed by atoms with Crippen LogP contribution in [-0.4, -0.2) is 9.55 Å². The molecule has 0 bridgehead atoms. The molecule has 0 aliphatic heterocycles. The monoisotopic (exact) mass is 494 g/mol. The fourth-order valence-electron chi connectivity index (χ4n) is 6.70. The maximum Gasteiger partial charge on any atom is 0.0724 e. The first-order valence-corrected chi connectivity index (χ1v) is 13.4. The maximum absolute atomic E-state index is 4.51. The number of benzene rings is 6. The molecule has 180 valence electrons. The summed E-state index contributed by atoms with van der Waals surface area (Å²) in [6, 6.07) is 44.4. The molecular weight excluding hydrogens is 472 g/mol. The Kier molecular flexibility index (Phi) is 4.08. The van der Waals surface area contributed by atoms with Gasteiger partial charge in [0.05, 0.1) is 17.2 Å². The van der Waals surface area contributed by atoms with E-state index >= 15 is 0 Å². The van der Waals surface area contributed by atoms with Gasteiger partial charge in [0.25, 0.3) is 0 Å². The minimum Gasteiger partial charge on any atom is -0.308 e. The molecule has 0 amide bonds. The molecule has 39 heavy (non-hydrogen) atoms. The Morgan fingerprint density at radius 2 is 1.18 bits per heavy atom. The van der Waals surface area contributed by atoms with Crippen molar-refractivity contribution in [1.82, 2.24) is 9.55 Å². The van der Waals surface area contributed by atoms with E-state index in [1.54, 1.807) is 0 Å². The van der Waals surface area contributed by atoms with Gasteiger partial charge in [0.1, 0.15) is 0 Å². The first-order chi connectivity index (χ1) is 19.3. The van der Waals surface area contributed by atoms with Crippen LogP contribution in [0.15, 0.2) is 134 Å². The molecule has 9 rings (SSSR count). The summed E-state index contributed by atoms with van der Waals surface area (Å²) in [4.78, 5) is 4.51. The van der Waals surface area contributed by atoms with Gasteiger partial charge in [-0.3, -0.25) is 4.98 Å². The molecule has 8 aromatic rings. The van der Waals surface area contributed by atoms with Crippen molar-refractivity contribution in [3.8, 4) is 39.1 Å². The first-order valence-electron chi connectivity index (χ1n) is 13.4. The van der Waals surface area contributed by atoms with Crippen LogP contribution in [0.1, 0.15) is 0 Å². The molecule has 1 aliphatic rings. The molecular formula is C37H22N2. The molecule has 0 unspecified atom stereocenters. The van der Waals surface area contributed by atoms with Gasteiger partial charge in [0.2, 0.25) is 0 Å². The third-order valence-corrected chi connectivity index (χ3v) is 8.40. The second kappa shape index (κ2) is 7.66. The normalized spacial score (nSPS) is 12.1. The standard InChI is InChI=1S/C37H22N2/c1-2-8-24-21-35-34(20-23(24)7-1)30-17-18-38-22-36(30)39(35)26-10-5-9-25(19-26)27-15-16-33-29-12-4-3-11-28(29)32-14-6-13-31(27)37(32)33/h1-22H. The van der Waals surface area contributed by atoms with Gasteiger partial charge in [-0.2, -0.15) is 0 Å². The third-order valence-electron chi connectivity index (χ3n) is 8.40. The topological polar surface area (TPSA) is 17.8 Å². The quantitative estimate of drug-likeness (QED) is 0.234. The second-order valence-electron chi connectivity index (χ2n) is 10.4. The molecule has 6 aromatic carbocycles. The van der Waals surface area contributed by atoms with Gasteiger partial charge in [-0.25, -0.2) is 0 Å². The SMILES string of the molecule is c1cc(-c2ccc3c4c(cccc24)-c2ccccc2-3)cc(-n2c3cnccc3c3cc4ccccc4cc32)c1. The van der Waals surface area contributed by atoms with Crippen LogP contribution in [-0.2, 0) is 0 Å². The fraction of sp³-hybridized carbons (Fsp3) is 0. The van der Waals surface area contributed by atoms with Crippen LogP contribution in [0, 0.1) is 0 Å². The summed E-state index contributed by atoms with van der Waals surface area (Å²) in [5, 5.41) is 7.62. The minimum absolute atomic E-state index is 1.12. The fourth-order valence-corrected chi connectivity index (χ4v) is 6.70.